The summed E-state index contributed by atoms with van der Waals surface area (Å²) in [6.07, 6.45) is 25.1. The maximum atomic E-state index is 13.0. The molecule has 4 fully saturated rings. The maximum absolute atomic E-state index is 13.0. The minimum absolute atomic E-state index is 0. The molecule has 6 aromatic rings. The number of piperidine rings is 2. The van der Waals surface area contributed by atoms with E-state index in [0.29, 0.717) is 35.1 Å². The summed E-state index contributed by atoms with van der Waals surface area (Å²) in [5, 5.41) is 20.1. The highest BCUT2D eigenvalue weighted by Gasteiger charge is 2.31. The minimum atomic E-state index is -0.982. The molecule has 368 valence electrons. The van der Waals surface area contributed by atoms with Crippen LogP contribution in [0.25, 0.3) is 11.6 Å². The normalized spacial score (nSPS) is 22.7. The number of nitrogens with two attached hydrogens (primary N) is 1. The predicted molar refractivity (Wildman–Crippen MR) is 277 cm³/mol. The molecule has 0 radical (unpaired) electrons. The number of halogens is 2. The zero-order valence-electron chi connectivity index (χ0n) is 39.6. The highest BCUT2D eigenvalue weighted by Crippen LogP contribution is 2.32. The van der Waals surface area contributed by atoms with Crippen LogP contribution < -0.4 is 11.1 Å². The van der Waals surface area contributed by atoms with E-state index in [2.05, 4.69) is 95.9 Å². The molecule has 4 N–H and O–H groups in total. The zero-order valence-corrected chi connectivity index (χ0v) is 41.3. The van der Waals surface area contributed by atoms with Gasteiger partial charge in [-0.15, -0.1) is 24.8 Å². The lowest BCUT2D eigenvalue weighted by Crippen LogP contribution is -2.48. The van der Waals surface area contributed by atoms with Crippen LogP contribution in [0.4, 0.5) is 0 Å². The number of hydrogen-bond acceptors (Lipinski definition) is 9. The van der Waals surface area contributed by atoms with Crippen LogP contribution in [0.1, 0.15) is 121 Å². The first-order valence-corrected chi connectivity index (χ1v) is 24.6. The molecule has 0 spiro atoms. The van der Waals surface area contributed by atoms with Gasteiger partial charge in [-0.25, -0.2) is 24.1 Å². The Kier molecular flexibility index (Phi) is 20.8. The SMILES string of the molecule is Cl.Cl.N[C@H]1CCCC[C@@H]1CN1CCCC(c2ccccc2)C1.O=C(N[C@H]1CCCC[C@@H]1CN1CCCC(c2ccccc2)C1)c1ccc(-n2cccn2)nc1.O=C(O)c1ccc(-n2cccn2)nc1. The average Bonchev–Trinajstić information content (AvgIpc) is 4.14. The van der Waals surface area contributed by atoms with E-state index >= 15 is 0 Å². The first kappa shape index (κ1) is 52.9. The van der Waals surface area contributed by atoms with Crippen LogP contribution in [0.3, 0.4) is 0 Å². The summed E-state index contributed by atoms with van der Waals surface area (Å²) in [5.41, 5.74) is 10.1. The molecule has 4 aliphatic rings. The van der Waals surface area contributed by atoms with Gasteiger partial charge < -0.3 is 26.0 Å². The molecule has 2 aromatic carbocycles. The number of aromatic nitrogens is 6. The van der Waals surface area contributed by atoms with Gasteiger partial charge in [0.2, 0.25) is 0 Å². The van der Waals surface area contributed by atoms with Crippen molar-refractivity contribution in [2.24, 2.45) is 17.6 Å². The zero-order chi connectivity index (χ0) is 46.2. The number of pyridine rings is 2. The van der Waals surface area contributed by atoms with Crippen molar-refractivity contribution in [1.29, 1.82) is 0 Å². The monoisotopic (exact) mass is 977 g/mol. The van der Waals surface area contributed by atoms with E-state index in [0.717, 1.165) is 31.3 Å². The predicted octanol–water partition coefficient (Wildman–Crippen LogP) is 9.63. The van der Waals surface area contributed by atoms with Crippen molar-refractivity contribution in [1.82, 2.24) is 44.6 Å². The number of benzene rings is 2. The molecule has 6 heterocycles. The van der Waals surface area contributed by atoms with Gasteiger partial charge >= 0.3 is 5.97 Å². The number of carbonyl (C=O) groups excluding carboxylic acids is 1. The standard InChI is InChI=1S/C27H33N5O.C18H28N2.C9H7N3O2.2ClH/c33-27(22-13-14-26(28-18-22)32-17-7-15-29-32)30-25-12-5-4-10-24(25)20-31-16-6-11-23(19-31)21-8-2-1-3-9-21;19-18-11-5-4-9-17(18)14-20-12-6-10-16(13-20)15-7-2-1-3-8-15;13-9(14)7-2-3-8(10-6-7)12-5-1-4-11-12;;/h1-3,7-9,13-15,17-18,23-25H,4-6,10-12,16,19-20H2,(H,30,33);1-3,7-8,16-18H,4-6,9-14,19H2;1-6H,(H,13,14);2*1H/t23?,24-,25+;16?,17-,18+;;;/m11.../s1. The van der Waals surface area contributed by atoms with Crippen LogP contribution >= 0.6 is 24.8 Å². The molecule has 2 unspecified atom stereocenters. The maximum Gasteiger partial charge on any atom is 0.337 e. The quantitative estimate of drug-likeness (QED) is 0.114. The molecular weight excluding hydrogens is 908 g/mol. The third kappa shape index (κ3) is 15.3. The molecule has 13 nitrogen and oxygen atoms in total. The van der Waals surface area contributed by atoms with Crippen LogP contribution in [-0.2, 0) is 0 Å². The summed E-state index contributed by atoms with van der Waals surface area (Å²) in [7, 11) is 0. The molecule has 2 saturated carbocycles. The Bertz CT molecular complexity index is 2380. The summed E-state index contributed by atoms with van der Waals surface area (Å²) < 4.78 is 3.26. The lowest BCUT2D eigenvalue weighted by Gasteiger charge is -2.39. The summed E-state index contributed by atoms with van der Waals surface area (Å²) in [5.74, 6) is 2.90. The van der Waals surface area contributed by atoms with Gasteiger partial charge in [0.05, 0.1) is 11.1 Å². The molecule has 2 saturated heterocycles. The molecule has 0 bridgehead atoms. The molecule has 69 heavy (non-hydrogen) atoms. The van der Waals surface area contributed by atoms with E-state index < -0.39 is 5.97 Å². The van der Waals surface area contributed by atoms with Crippen molar-refractivity contribution in [3.8, 4) is 11.6 Å². The highest BCUT2D eigenvalue weighted by atomic mass is 35.5. The van der Waals surface area contributed by atoms with Crippen LogP contribution in [0.5, 0.6) is 0 Å². The Morgan fingerprint density at radius 2 is 1.07 bits per heavy atom. The Balaban J connectivity index is 0.000000185. The lowest BCUT2D eigenvalue weighted by molar-refractivity contribution is 0.0696. The third-order valence-corrected chi connectivity index (χ3v) is 14.2. The van der Waals surface area contributed by atoms with Gasteiger partial charge in [-0.05, 0) is 136 Å². The van der Waals surface area contributed by atoms with Crippen molar-refractivity contribution in [3.63, 3.8) is 0 Å². The summed E-state index contributed by atoms with van der Waals surface area (Å²) >= 11 is 0. The van der Waals surface area contributed by atoms with E-state index in [-0.39, 0.29) is 42.3 Å². The number of carboxylic acids is 1. The molecule has 10 rings (SSSR count). The molecular formula is C54H70Cl2N10O3. The number of rotatable bonds is 11. The molecule has 6 atom stereocenters. The van der Waals surface area contributed by atoms with Crippen molar-refractivity contribution >= 4 is 36.7 Å². The van der Waals surface area contributed by atoms with Gasteiger partial charge in [0.15, 0.2) is 11.6 Å². The fourth-order valence-electron chi connectivity index (χ4n) is 10.5. The molecule has 2 aliphatic heterocycles. The van der Waals surface area contributed by atoms with Crippen LogP contribution in [0.15, 0.2) is 134 Å². The topological polar surface area (TPSA) is 160 Å². The second-order valence-electron chi connectivity index (χ2n) is 18.9. The van der Waals surface area contributed by atoms with Gasteiger partial charge in [-0.1, -0.05) is 86.3 Å². The van der Waals surface area contributed by atoms with E-state index in [9.17, 15) is 9.59 Å². The molecule has 1 amide bonds. The lowest BCUT2D eigenvalue weighted by atomic mass is 9.83. The molecule has 2 aliphatic carbocycles. The van der Waals surface area contributed by atoms with Crippen molar-refractivity contribution in [2.45, 2.75) is 101 Å². The Hall–Kier alpha value is -5.44. The fraction of sp³-hybridized carbons (Fsp3) is 0.444. The molecule has 4 aromatic heterocycles. The number of hydrogen-bond donors (Lipinski definition) is 3. The van der Waals surface area contributed by atoms with Crippen molar-refractivity contribution in [3.05, 3.63) is 156 Å². The number of carboxylic acid groups (broad SMARTS) is 1. The van der Waals surface area contributed by atoms with Gasteiger partial charge in [0, 0.05) is 75.4 Å². The Labute approximate surface area is 420 Å². The summed E-state index contributed by atoms with van der Waals surface area (Å²) in [6, 6.07) is 33.1. The number of aromatic carboxylic acids is 1. The number of nitrogens with one attached hydrogen (secondary N) is 1. The molecule has 15 heteroatoms. The average molecular weight is 978 g/mol. The number of carbonyl (C=O) groups is 2. The van der Waals surface area contributed by atoms with Gasteiger partial charge in [-0.2, -0.15) is 10.2 Å². The number of amides is 1. The van der Waals surface area contributed by atoms with Crippen LogP contribution in [-0.4, -0.2) is 108 Å². The third-order valence-electron chi connectivity index (χ3n) is 14.2. The van der Waals surface area contributed by atoms with Crippen molar-refractivity contribution < 1.29 is 14.7 Å². The Morgan fingerprint density at radius 1 is 0.580 bits per heavy atom. The minimum Gasteiger partial charge on any atom is -0.478 e. The van der Waals surface area contributed by atoms with Gasteiger partial charge in [-0.3, -0.25) is 4.79 Å². The fourth-order valence-corrected chi connectivity index (χ4v) is 10.5. The van der Waals surface area contributed by atoms with E-state index in [1.165, 1.54) is 120 Å². The van der Waals surface area contributed by atoms with Crippen LogP contribution in [0, 0.1) is 11.8 Å². The summed E-state index contributed by atoms with van der Waals surface area (Å²) in [4.78, 5) is 37.2. The first-order chi connectivity index (χ1) is 32.9. The van der Waals surface area contributed by atoms with Crippen LogP contribution in [0.2, 0.25) is 0 Å². The highest BCUT2D eigenvalue weighted by molar-refractivity contribution is 5.94. The second-order valence-corrected chi connectivity index (χ2v) is 18.9. The van der Waals surface area contributed by atoms with E-state index in [1.54, 1.807) is 46.3 Å². The number of nitrogens with zero attached hydrogens (tertiary/aromatic N) is 8. The second kappa shape index (κ2) is 27.1. The first-order valence-electron chi connectivity index (χ1n) is 24.6. The largest absolute Gasteiger partial charge is 0.478 e. The summed E-state index contributed by atoms with van der Waals surface area (Å²) in [6.45, 7) is 7.09. The van der Waals surface area contributed by atoms with Gasteiger partial charge in [0.25, 0.3) is 5.91 Å². The number of likely N-dealkylation sites (tertiary alicyclic amines) is 2. The van der Waals surface area contributed by atoms with E-state index in [1.807, 2.05) is 24.4 Å². The smallest absolute Gasteiger partial charge is 0.337 e. The van der Waals surface area contributed by atoms with E-state index in [4.69, 9.17) is 10.8 Å². The Morgan fingerprint density at radius 3 is 1.55 bits per heavy atom. The van der Waals surface area contributed by atoms with Crippen molar-refractivity contribution in [2.75, 3.05) is 39.3 Å². The van der Waals surface area contributed by atoms with Gasteiger partial charge in [0.1, 0.15) is 0 Å².